The van der Waals surface area contributed by atoms with Crippen LogP contribution in [-0.2, 0) is 19.0 Å². The summed E-state index contributed by atoms with van der Waals surface area (Å²) < 4.78 is 5.81. The summed E-state index contributed by atoms with van der Waals surface area (Å²) >= 11 is 1.63. The minimum Gasteiger partial charge on any atom is -0.396 e. The number of thioether (sulfide) groups is 1. The summed E-state index contributed by atoms with van der Waals surface area (Å²) in [6.07, 6.45) is 3.62. The molecule has 28 heavy (non-hydrogen) atoms. The SMILES string of the molecule is CSCn1c(=O)n(Cc2nc3ccccc3n2CCCCO)c2ccccc21. The number of aromatic nitrogens is 4. The number of nitrogens with zero attached hydrogens (tertiary/aromatic N) is 4. The summed E-state index contributed by atoms with van der Waals surface area (Å²) in [7, 11) is 0. The molecule has 7 heteroatoms. The monoisotopic (exact) mass is 396 g/mol. The Kier molecular flexibility index (Phi) is 5.54. The minimum atomic E-state index is -0.00971. The molecule has 0 aliphatic heterocycles. The van der Waals surface area contributed by atoms with Gasteiger partial charge in [-0.2, -0.15) is 0 Å². The fraction of sp³-hybridized carbons (Fsp3) is 0.333. The molecule has 0 fully saturated rings. The summed E-state index contributed by atoms with van der Waals surface area (Å²) in [5, 5.41) is 9.15. The van der Waals surface area contributed by atoms with Crippen molar-refractivity contribution in [3.63, 3.8) is 0 Å². The molecule has 0 atom stereocenters. The Hall–Kier alpha value is -2.51. The number of benzene rings is 2. The predicted octanol–water partition coefficient (Wildman–Crippen LogP) is 3.29. The standard InChI is InChI=1S/C21H24N4O2S/c1-28-15-25-19-11-5-4-10-18(19)24(21(25)27)14-20-22-16-8-2-3-9-17(16)23(20)12-6-7-13-26/h2-5,8-11,26H,6-7,12-15H2,1H3. The van der Waals surface area contributed by atoms with Crippen LogP contribution in [0.1, 0.15) is 18.7 Å². The van der Waals surface area contributed by atoms with E-state index in [1.807, 2.05) is 57.9 Å². The highest BCUT2D eigenvalue weighted by atomic mass is 32.2. The summed E-state index contributed by atoms with van der Waals surface area (Å²) in [6.45, 7) is 1.38. The van der Waals surface area contributed by atoms with Crippen molar-refractivity contribution in [2.75, 3.05) is 12.9 Å². The van der Waals surface area contributed by atoms with Gasteiger partial charge in [-0.1, -0.05) is 24.3 Å². The smallest absolute Gasteiger partial charge is 0.330 e. The number of imidazole rings is 2. The van der Waals surface area contributed by atoms with Gasteiger partial charge in [0.25, 0.3) is 0 Å². The fourth-order valence-electron chi connectivity index (χ4n) is 3.70. The van der Waals surface area contributed by atoms with Crippen LogP contribution in [0.4, 0.5) is 0 Å². The predicted molar refractivity (Wildman–Crippen MR) is 115 cm³/mol. The molecule has 0 radical (unpaired) electrons. The zero-order valence-electron chi connectivity index (χ0n) is 15.9. The first-order valence-corrected chi connectivity index (χ1v) is 10.9. The maximum absolute atomic E-state index is 13.1. The topological polar surface area (TPSA) is 65.0 Å². The van der Waals surface area contributed by atoms with Crippen molar-refractivity contribution < 1.29 is 5.11 Å². The van der Waals surface area contributed by atoms with Gasteiger partial charge in [0, 0.05) is 13.2 Å². The third-order valence-electron chi connectivity index (χ3n) is 5.01. The molecule has 4 aromatic rings. The van der Waals surface area contributed by atoms with Gasteiger partial charge in [-0.25, -0.2) is 9.78 Å². The van der Waals surface area contributed by atoms with Crippen molar-refractivity contribution in [3.8, 4) is 0 Å². The van der Waals surface area contributed by atoms with Crippen LogP contribution < -0.4 is 5.69 Å². The Morgan fingerprint density at radius 3 is 2.32 bits per heavy atom. The summed E-state index contributed by atoms with van der Waals surface area (Å²) in [5.41, 5.74) is 3.86. The van der Waals surface area contributed by atoms with E-state index in [4.69, 9.17) is 10.1 Å². The van der Waals surface area contributed by atoms with Gasteiger partial charge >= 0.3 is 5.69 Å². The lowest BCUT2D eigenvalue weighted by Crippen LogP contribution is -2.25. The molecule has 0 saturated carbocycles. The average Bonchev–Trinajstić information content (AvgIpc) is 3.19. The molecule has 0 bridgehead atoms. The van der Waals surface area contributed by atoms with E-state index in [1.165, 1.54) is 0 Å². The van der Waals surface area contributed by atoms with Crippen LogP contribution in [0.3, 0.4) is 0 Å². The van der Waals surface area contributed by atoms with Gasteiger partial charge in [0.1, 0.15) is 5.82 Å². The third-order valence-corrected chi connectivity index (χ3v) is 5.52. The summed E-state index contributed by atoms with van der Waals surface area (Å²) in [4.78, 5) is 17.9. The largest absolute Gasteiger partial charge is 0.396 e. The van der Waals surface area contributed by atoms with E-state index in [2.05, 4.69) is 10.6 Å². The number of aliphatic hydroxyl groups excluding tert-OH is 1. The van der Waals surface area contributed by atoms with E-state index in [1.54, 1.807) is 11.8 Å². The molecule has 6 nitrogen and oxygen atoms in total. The maximum Gasteiger partial charge on any atom is 0.330 e. The van der Waals surface area contributed by atoms with Crippen molar-refractivity contribution in [3.05, 3.63) is 64.8 Å². The number of rotatable bonds is 8. The second kappa shape index (κ2) is 8.24. The quantitative estimate of drug-likeness (QED) is 0.464. The highest BCUT2D eigenvalue weighted by Crippen LogP contribution is 2.20. The van der Waals surface area contributed by atoms with Crippen LogP contribution in [0.15, 0.2) is 53.3 Å². The summed E-state index contributed by atoms with van der Waals surface area (Å²) in [5.74, 6) is 1.49. The Bertz CT molecular complexity index is 1160. The van der Waals surface area contributed by atoms with Crippen molar-refractivity contribution in [1.29, 1.82) is 0 Å². The zero-order valence-corrected chi connectivity index (χ0v) is 16.7. The second-order valence-corrected chi connectivity index (χ2v) is 7.64. The minimum absolute atomic E-state index is 0.00971. The molecule has 2 heterocycles. The van der Waals surface area contributed by atoms with Crippen molar-refractivity contribution in [2.24, 2.45) is 0 Å². The van der Waals surface area contributed by atoms with Crippen LogP contribution in [0.25, 0.3) is 22.1 Å². The van der Waals surface area contributed by atoms with E-state index >= 15 is 0 Å². The Morgan fingerprint density at radius 2 is 1.61 bits per heavy atom. The Labute approximate surface area is 167 Å². The zero-order chi connectivity index (χ0) is 19.5. The highest BCUT2D eigenvalue weighted by Gasteiger charge is 2.16. The van der Waals surface area contributed by atoms with Crippen molar-refractivity contribution >= 4 is 33.8 Å². The number of hydrogen-bond acceptors (Lipinski definition) is 4. The molecular formula is C21H24N4O2S. The molecule has 0 aliphatic rings. The van der Waals surface area contributed by atoms with Gasteiger partial charge in [0.2, 0.25) is 0 Å². The van der Waals surface area contributed by atoms with Crippen molar-refractivity contribution in [2.45, 2.75) is 31.8 Å². The van der Waals surface area contributed by atoms with Crippen LogP contribution in [0.5, 0.6) is 0 Å². The first-order valence-electron chi connectivity index (χ1n) is 9.46. The van der Waals surface area contributed by atoms with E-state index in [9.17, 15) is 4.79 Å². The fourth-order valence-corrected chi connectivity index (χ4v) is 4.21. The third kappa shape index (κ3) is 3.36. The Morgan fingerprint density at radius 1 is 0.929 bits per heavy atom. The first kappa shape index (κ1) is 18.8. The van der Waals surface area contributed by atoms with Gasteiger partial charge in [0.15, 0.2) is 0 Å². The lowest BCUT2D eigenvalue weighted by atomic mass is 10.3. The van der Waals surface area contributed by atoms with Crippen LogP contribution in [0, 0.1) is 0 Å². The molecule has 4 rings (SSSR count). The van der Waals surface area contributed by atoms with Gasteiger partial charge in [-0.05, 0) is 43.4 Å². The van der Waals surface area contributed by atoms with Gasteiger partial charge < -0.3 is 9.67 Å². The Balaban J connectivity index is 1.81. The van der Waals surface area contributed by atoms with Crippen LogP contribution in [-0.4, -0.2) is 36.7 Å². The molecule has 0 amide bonds. The first-order chi connectivity index (χ1) is 13.7. The molecule has 2 aromatic carbocycles. The molecule has 0 saturated heterocycles. The van der Waals surface area contributed by atoms with E-state index < -0.39 is 0 Å². The molecule has 1 N–H and O–H groups in total. The maximum atomic E-state index is 13.1. The average molecular weight is 397 g/mol. The van der Waals surface area contributed by atoms with E-state index in [-0.39, 0.29) is 12.3 Å². The van der Waals surface area contributed by atoms with Crippen molar-refractivity contribution in [1.82, 2.24) is 18.7 Å². The molecular weight excluding hydrogens is 372 g/mol. The number of para-hydroxylation sites is 4. The number of fused-ring (bicyclic) bond motifs is 2. The number of aliphatic hydroxyl groups is 1. The highest BCUT2D eigenvalue weighted by molar-refractivity contribution is 7.97. The number of unbranched alkanes of at least 4 members (excludes halogenated alkanes) is 1. The number of hydrogen-bond donors (Lipinski definition) is 1. The van der Waals surface area contributed by atoms with Gasteiger partial charge in [-0.3, -0.25) is 9.13 Å². The molecule has 0 spiro atoms. The molecule has 0 aliphatic carbocycles. The van der Waals surface area contributed by atoms with Crippen LogP contribution >= 0.6 is 11.8 Å². The molecule has 146 valence electrons. The lowest BCUT2D eigenvalue weighted by Gasteiger charge is -2.09. The second-order valence-electron chi connectivity index (χ2n) is 6.80. The number of aryl methyl sites for hydroxylation is 1. The van der Waals surface area contributed by atoms with Gasteiger partial charge in [-0.15, -0.1) is 11.8 Å². The van der Waals surface area contributed by atoms with E-state index in [0.717, 1.165) is 47.3 Å². The van der Waals surface area contributed by atoms with Gasteiger partial charge in [0.05, 0.1) is 34.5 Å². The summed E-state index contributed by atoms with van der Waals surface area (Å²) in [6, 6.07) is 16.0. The lowest BCUT2D eigenvalue weighted by molar-refractivity contribution is 0.281. The molecule has 0 unspecified atom stereocenters. The van der Waals surface area contributed by atoms with E-state index in [0.29, 0.717) is 12.4 Å². The normalized spacial score (nSPS) is 11.6. The van der Waals surface area contributed by atoms with Crippen LogP contribution in [0.2, 0.25) is 0 Å². The molecule has 2 aromatic heterocycles.